The van der Waals surface area contributed by atoms with E-state index in [-0.39, 0.29) is 5.56 Å². The Morgan fingerprint density at radius 2 is 2.22 bits per heavy atom. The highest BCUT2D eigenvalue weighted by atomic mass is 79.9. The van der Waals surface area contributed by atoms with Gasteiger partial charge in [-0.05, 0) is 34.1 Å². The average molecular weight is 324 g/mol. The maximum absolute atomic E-state index is 12.0. The lowest BCUT2D eigenvalue weighted by Gasteiger charge is -2.12. The molecule has 0 fully saturated rings. The van der Waals surface area contributed by atoms with Crippen molar-refractivity contribution < 1.29 is 23.4 Å². The van der Waals surface area contributed by atoms with E-state index >= 15 is 0 Å². The second-order valence-electron chi connectivity index (χ2n) is 3.46. The van der Waals surface area contributed by atoms with E-state index in [1.165, 1.54) is 13.2 Å². The fraction of sp³-hybridized carbons (Fsp3) is 0.364. The van der Waals surface area contributed by atoms with Gasteiger partial charge in [0.05, 0.1) is 12.7 Å². The number of hydrogen-bond donors (Lipinski definition) is 2. The monoisotopic (exact) mass is 323 g/mol. The molecule has 0 bridgehead atoms. The van der Waals surface area contributed by atoms with Crippen LogP contribution in [-0.4, -0.2) is 37.2 Å². The highest BCUT2D eigenvalue weighted by molar-refractivity contribution is 9.10. The van der Waals surface area contributed by atoms with Crippen LogP contribution in [0.5, 0.6) is 5.75 Å². The van der Waals surface area contributed by atoms with Gasteiger partial charge in [0.15, 0.2) is 0 Å². The lowest BCUT2D eigenvalue weighted by atomic mass is 10.2. The van der Waals surface area contributed by atoms with Crippen molar-refractivity contribution >= 4 is 21.8 Å². The molecule has 1 rings (SSSR count). The lowest BCUT2D eigenvalue weighted by molar-refractivity contribution is -0.00270. The van der Waals surface area contributed by atoms with Gasteiger partial charge >= 0.3 is 0 Å². The lowest BCUT2D eigenvalue weighted by Crippen LogP contribution is -2.35. The fourth-order valence-electron chi connectivity index (χ4n) is 1.19. The number of carbonyl (C=O) groups is 1. The van der Waals surface area contributed by atoms with Crippen LogP contribution in [-0.2, 0) is 0 Å². The van der Waals surface area contributed by atoms with Crippen LogP contribution in [0.1, 0.15) is 10.4 Å². The van der Waals surface area contributed by atoms with Gasteiger partial charge in [0.25, 0.3) is 12.3 Å². The van der Waals surface area contributed by atoms with Gasteiger partial charge in [-0.25, -0.2) is 8.78 Å². The molecule has 0 aromatic heterocycles. The minimum Gasteiger partial charge on any atom is -0.497 e. The molecular weight excluding hydrogens is 312 g/mol. The largest absolute Gasteiger partial charge is 0.497 e. The molecule has 100 valence electrons. The molecule has 0 spiro atoms. The molecule has 7 heteroatoms. The normalized spacial score (nSPS) is 12.3. The fourth-order valence-corrected chi connectivity index (χ4v) is 1.61. The van der Waals surface area contributed by atoms with Crippen LogP contribution in [0.15, 0.2) is 22.7 Å². The number of methoxy groups -OCH3 is 1. The Labute approximate surface area is 111 Å². The molecule has 4 nitrogen and oxygen atoms in total. The first-order chi connectivity index (χ1) is 8.45. The molecule has 1 aromatic rings. The number of nitrogens with one attached hydrogen (secondary N) is 1. The molecule has 0 saturated heterocycles. The van der Waals surface area contributed by atoms with Crippen molar-refractivity contribution in [3.63, 3.8) is 0 Å². The predicted molar refractivity (Wildman–Crippen MR) is 65.0 cm³/mol. The van der Waals surface area contributed by atoms with Crippen LogP contribution in [0.2, 0.25) is 0 Å². The Kier molecular flexibility index (Phi) is 5.49. The number of benzene rings is 1. The zero-order valence-electron chi connectivity index (χ0n) is 9.49. The first kappa shape index (κ1) is 14.8. The summed E-state index contributed by atoms with van der Waals surface area (Å²) >= 11 is 3.17. The molecule has 2 N–H and O–H groups in total. The summed E-state index contributed by atoms with van der Waals surface area (Å²) in [6.07, 6.45) is -4.77. The molecule has 0 aliphatic carbocycles. The first-order valence-electron chi connectivity index (χ1n) is 5.03. The molecule has 1 amide bonds. The third kappa shape index (κ3) is 3.92. The summed E-state index contributed by atoms with van der Waals surface area (Å²) in [4.78, 5) is 11.7. The summed E-state index contributed by atoms with van der Waals surface area (Å²) in [6.45, 7) is -0.514. The van der Waals surface area contributed by atoms with Gasteiger partial charge in [0.2, 0.25) is 0 Å². The van der Waals surface area contributed by atoms with E-state index in [2.05, 4.69) is 21.2 Å². The Morgan fingerprint density at radius 3 is 2.78 bits per heavy atom. The molecule has 0 aliphatic rings. The molecule has 0 radical (unpaired) electrons. The number of carbonyl (C=O) groups excluding carboxylic acids is 1. The van der Waals surface area contributed by atoms with E-state index < -0.39 is 25.0 Å². The van der Waals surface area contributed by atoms with Crippen molar-refractivity contribution in [3.05, 3.63) is 28.2 Å². The van der Waals surface area contributed by atoms with Crippen molar-refractivity contribution in [2.75, 3.05) is 13.7 Å². The van der Waals surface area contributed by atoms with Crippen LogP contribution in [0.4, 0.5) is 8.78 Å². The molecule has 1 unspecified atom stereocenters. The summed E-state index contributed by atoms with van der Waals surface area (Å²) in [5.41, 5.74) is 0.246. The molecule has 1 aromatic carbocycles. The van der Waals surface area contributed by atoms with E-state index in [4.69, 9.17) is 9.84 Å². The number of aliphatic hydroxyl groups excluding tert-OH is 1. The van der Waals surface area contributed by atoms with Crippen LogP contribution in [0.25, 0.3) is 0 Å². The Morgan fingerprint density at radius 1 is 1.56 bits per heavy atom. The highest BCUT2D eigenvalue weighted by Crippen LogP contribution is 2.22. The van der Waals surface area contributed by atoms with Crippen molar-refractivity contribution in [3.8, 4) is 5.75 Å². The van der Waals surface area contributed by atoms with E-state index in [1.54, 1.807) is 12.1 Å². The quantitative estimate of drug-likeness (QED) is 0.869. The molecule has 0 aliphatic heterocycles. The van der Waals surface area contributed by atoms with Gasteiger partial charge in [-0.1, -0.05) is 0 Å². The van der Waals surface area contributed by atoms with Crippen molar-refractivity contribution in [1.82, 2.24) is 5.32 Å². The van der Waals surface area contributed by atoms with E-state index in [1.807, 2.05) is 0 Å². The molecule has 0 saturated carbocycles. The van der Waals surface area contributed by atoms with Crippen molar-refractivity contribution in [1.29, 1.82) is 0 Å². The number of ether oxygens (including phenoxy) is 1. The number of hydrogen-bond acceptors (Lipinski definition) is 3. The molecular formula is C11H12BrF2NO3. The van der Waals surface area contributed by atoms with Gasteiger partial charge < -0.3 is 15.2 Å². The summed E-state index contributed by atoms with van der Waals surface area (Å²) in [5.74, 6) is -0.0989. The zero-order valence-corrected chi connectivity index (χ0v) is 11.1. The average Bonchev–Trinajstić information content (AvgIpc) is 2.35. The van der Waals surface area contributed by atoms with Crippen LogP contribution in [0.3, 0.4) is 0 Å². The molecule has 1 atom stereocenters. The minimum atomic E-state index is -2.89. The number of rotatable bonds is 5. The highest BCUT2D eigenvalue weighted by Gasteiger charge is 2.18. The van der Waals surface area contributed by atoms with Crippen molar-refractivity contribution in [2.24, 2.45) is 0 Å². The zero-order chi connectivity index (χ0) is 13.7. The first-order valence-corrected chi connectivity index (χ1v) is 5.83. The van der Waals surface area contributed by atoms with Crippen LogP contribution < -0.4 is 10.1 Å². The van der Waals surface area contributed by atoms with Gasteiger partial charge in [0, 0.05) is 11.0 Å². The maximum atomic E-state index is 12.0. The summed E-state index contributed by atoms with van der Waals surface area (Å²) in [7, 11) is 1.45. The van der Waals surface area contributed by atoms with E-state index in [0.717, 1.165) is 0 Å². The van der Waals surface area contributed by atoms with Crippen LogP contribution in [0, 0.1) is 0 Å². The predicted octanol–water partition coefficient (Wildman–Crippen LogP) is 1.81. The SMILES string of the molecule is COc1ccc(Br)c(C(=O)NCC(O)C(F)F)c1. The second kappa shape index (κ2) is 6.65. The van der Waals surface area contributed by atoms with E-state index in [0.29, 0.717) is 10.2 Å². The van der Waals surface area contributed by atoms with E-state index in [9.17, 15) is 13.6 Å². The summed E-state index contributed by atoms with van der Waals surface area (Å²) in [6, 6.07) is 4.72. The van der Waals surface area contributed by atoms with Crippen LogP contribution >= 0.6 is 15.9 Å². The number of amides is 1. The third-order valence-electron chi connectivity index (χ3n) is 2.18. The van der Waals surface area contributed by atoms with Gasteiger partial charge in [-0.15, -0.1) is 0 Å². The van der Waals surface area contributed by atoms with Gasteiger partial charge in [-0.2, -0.15) is 0 Å². The summed E-state index contributed by atoms with van der Waals surface area (Å²) in [5, 5.41) is 11.1. The maximum Gasteiger partial charge on any atom is 0.265 e. The van der Waals surface area contributed by atoms with Gasteiger partial charge in [-0.3, -0.25) is 4.79 Å². The number of alkyl halides is 2. The summed E-state index contributed by atoms with van der Waals surface area (Å²) < 4.78 is 29.6. The molecule has 0 heterocycles. The smallest absolute Gasteiger partial charge is 0.265 e. The van der Waals surface area contributed by atoms with Gasteiger partial charge in [0.1, 0.15) is 11.9 Å². The second-order valence-corrected chi connectivity index (χ2v) is 4.31. The third-order valence-corrected chi connectivity index (χ3v) is 2.87. The Balaban J connectivity index is 2.72. The number of halogens is 3. The molecule has 18 heavy (non-hydrogen) atoms. The Bertz CT molecular complexity index is 429. The number of aliphatic hydroxyl groups is 1. The topological polar surface area (TPSA) is 58.6 Å². The Hall–Kier alpha value is -1.21. The minimum absolute atomic E-state index is 0.246. The van der Waals surface area contributed by atoms with Crippen molar-refractivity contribution in [2.45, 2.75) is 12.5 Å². The standard InChI is InChI=1S/C11H12BrF2NO3/c1-18-6-2-3-8(12)7(4-6)11(17)15-5-9(16)10(13)14/h2-4,9-10,16H,5H2,1H3,(H,15,17).